The van der Waals surface area contributed by atoms with Crippen molar-refractivity contribution in [3.8, 4) is 0 Å². The van der Waals surface area contributed by atoms with Gasteiger partial charge in [-0.05, 0) is 25.5 Å². The average molecular weight is 220 g/mol. The molecule has 0 aliphatic heterocycles. The predicted octanol–water partition coefficient (Wildman–Crippen LogP) is 1.34. The first kappa shape index (κ1) is 12.7. The highest BCUT2D eigenvalue weighted by Gasteiger charge is 2.00. The van der Waals surface area contributed by atoms with Gasteiger partial charge in [-0.2, -0.15) is 0 Å². The zero-order valence-corrected chi connectivity index (χ0v) is 9.83. The maximum atomic E-state index is 11.4. The summed E-state index contributed by atoms with van der Waals surface area (Å²) in [6.07, 6.45) is 2.49. The van der Waals surface area contributed by atoms with Crippen molar-refractivity contribution in [1.82, 2.24) is 10.6 Å². The zero-order valence-electron chi connectivity index (χ0n) is 9.83. The largest absolute Gasteiger partial charge is 0.355 e. The van der Waals surface area contributed by atoms with Gasteiger partial charge in [0, 0.05) is 19.5 Å². The van der Waals surface area contributed by atoms with Crippen LogP contribution < -0.4 is 10.6 Å². The second-order valence-electron chi connectivity index (χ2n) is 3.79. The van der Waals surface area contributed by atoms with E-state index in [2.05, 4.69) is 22.8 Å². The van der Waals surface area contributed by atoms with Gasteiger partial charge in [-0.1, -0.05) is 30.3 Å². The normalized spacial score (nSPS) is 10.1. The van der Waals surface area contributed by atoms with E-state index in [1.165, 1.54) is 5.56 Å². The van der Waals surface area contributed by atoms with Crippen LogP contribution in [0.2, 0.25) is 0 Å². The average Bonchev–Trinajstić information content (AvgIpc) is 2.31. The van der Waals surface area contributed by atoms with Gasteiger partial charge in [0.1, 0.15) is 0 Å². The van der Waals surface area contributed by atoms with Crippen molar-refractivity contribution in [2.75, 3.05) is 20.1 Å². The maximum absolute atomic E-state index is 11.4. The second kappa shape index (κ2) is 7.88. The molecule has 1 aromatic rings. The third-order valence-corrected chi connectivity index (χ3v) is 2.41. The van der Waals surface area contributed by atoms with E-state index < -0.39 is 0 Å². The van der Waals surface area contributed by atoms with E-state index in [4.69, 9.17) is 0 Å². The third kappa shape index (κ3) is 5.51. The van der Waals surface area contributed by atoms with Gasteiger partial charge in [0.2, 0.25) is 5.91 Å². The van der Waals surface area contributed by atoms with Gasteiger partial charge >= 0.3 is 0 Å². The molecule has 0 spiro atoms. The van der Waals surface area contributed by atoms with Gasteiger partial charge in [-0.15, -0.1) is 0 Å². The molecule has 0 aromatic heterocycles. The minimum Gasteiger partial charge on any atom is -0.355 e. The molecule has 88 valence electrons. The summed E-state index contributed by atoms with van der Waals surface area (Å²) in [6, 6.07) is 10.3. The number of rotatable bonds is 7. The molecule has 1 rings (SSSR count). The molecule has 0 radical (unpaired) electrons. The first-order valence-corrected chi connectivity index (χ1v) is 5.78. The van der Waals surface area contributed by atoms with Crippen molar-refractivity contribution in [3.05, 3.63) is 35.9 Å². The summed E-state index contributed by atoms with van der Waals surface area (Å²) >= 11 is 0. The van der Waals surface area contributed by atoms with Crippen LogP contribution >= 0.6 is 0 Å². The molecular weight excluding hydrogens is 200 g/mol. The van der Waals surface area contributed by atoms with E-state index in [-0.39, 0.29) is 5.91 Å². The van der Waals surface area contributed by atoms with E-state index in [0.717, 1.165) is 19.4 Å². The Morgan fingerprint density at radius 2 is 1.94 bits per heavy atom. The summed E-state index contributed by atoms with van der Waals surface area (Å²) in [4.78, 5) is 11.4. The van der Waals surface area contributed by atoms with Crippen molar-refractivity contribution >= 4 is 5.91 Å². The Kier molecular flexibility index (Phi) is 6.26. The number of aryl methyl sites for hydroxylation is 1. The van der Waals surface area contributed by atoms with E-state index in [1.807, 2.05) is 25.2 Å². The van der Waals surface area contributed by atoms with Crippen LogP contribution in [0.15, 0.2) is 30.3 Å². The highest BCUT2D eigenvalue weighted by atomic mass is 16.1. The molecule has 3 heteroatoms. The molecule has 0 bridgehead atoms. The van der Waals surface area contributed by atoms with Crippen molar-refractivity contribution in [3.63, 3.8) is 0 Å². The number of hydrogen-bond donors (Lipinski definition) is 2. The Bertz CT molecular complexity index is 298. The number of amides is 1. The molecule has 0 saturated carbocycles. The van der Waals surface area contributed by atoms with Crippen LogP contribution in [0.1, 0.15) is 18.4 Å². The van der Waals surface area contributed by atoms with E-state index in [9.17, 15) is 4.79 Å². The zero-order chi connectivity index (χ0) is 11.6. The Balaban J connectivity index is 2.09. The Hall–Kier alpha value is -1.35. The molecule has 3 nitrogen and oxygen atoms in total. The quantitative estimate of drug-likeness (QED) is 0.681. The van der Waals surface area contributed by atoms with Crippen molar-refractivity contribution in [1.29, 1.82) is 0 Å². The lowest BCUT2D eigenvalue weighted by Crippen LogP contribution is -2.30. The van der Waals surface area contributed by atoms with Crippen LogP contribution in [-0.4, -0.2) is 26.0 Å². The Morgan fingerprint density at radius 3 is 2.62 bits per heavy atom. The molecule has 0 fully saturated rings. The molecule has 16 heavy (non-hydrogen) atoms. The molecule has 1 aromatic carbocycles. The summed E-state index contributed by atoms with van der Waals surface area (Å²) in [5, 5.41) is 5.86. The van der Waals surface area contributed by atoms with E-state index >= 15 is 0 Å². The summed E-state index contributed by atoms with van der Waals surface area (Å²) in [6.45, 7) is 1.53. The molecule has 0 aliphatic rings. The molecule has 0 saturated heterocycles. The predicted molar refractivity (Wildman–Crippen MR) is 66.3 cm³/mol. The van der Waals surface area contributed by atoms with Crippen LogP contribution in [0.25, 0.3) is 0 Å². The van der Waals surface area contributed by atoms with Crippen LogP contribution in [0.3, 0.4) is 0 Å². The maximum Gasteiger partial charge on any atom is 0.220 e. The minimum absolute atomic E-state index is 0.145. The first-order valence-electron chi connectivity index (χ1n) is 5.78. The SMILES string of the molecule is CNCCNC(=O)CCCc1ccccc1. The number of carbonyl (C=O) groups excluding carboxylic acids is 1. The number of hydrogen-bond acceptors (Lipinski definition) is 2. The number of nitrogens with one attached hydrogen (secondary N) is 2. The van der Waals surface area contributed by atoms with Crippen LogP contribution in [-0.2, 0) is 11.2 Å². The molecule has 0 unspecified atom stereocenters. The van der Waals surface area contributed by atoms with Crippen molar-refractivity contribution < 1.29 is 4.79 Å². The van der Waals surface area contributed by atoms with Crippen LogP contribution in [0.5, 0.6) is 0 Å². The molecule has 0 aliphatic carbocycles. The fourth-order valence-corrected chi connectivity index (χ4v) is 1.51. The third-order valence-electron chi connectivity index (χ3n) is 2.41. The van der Waals surface area contributed by atoms with Gasteiger partial charge in [-0.3, -0.25) is 4.79 Å². The Labute approximate surface area is 97.2 Å². The molecule has 0 atom stereocenters. The lowest BCUT2D eigenvalue weighted by molar-refractivity contribution is -0.121. The highest BCUT2D eigenvalue weighted by molar-refractivity contribution is 5.75. The summed E-state index contributed by atoms with van der Waals surface area (Å²) < 4.78 is 0. The Morgan fingerprint density at radius 1 is 1.19 bits per heavy atom. The molecule has 1 amide bonds. The first-order chi connectivity index (χ1) is 7.83. The second-order valence-corrected chi connectivity index (χ2v) is 3.79. The number of carbonyl (C=O) groups is 1. The summed E-state index contributed by atoms with van der Waals surface area (Å²) in [5.41, 5.74) is 1.30. The fraction of sp³-hybridized carbons (Fsp3) is 0.462. The van der Waals surface area contributed by atoms with E-state index in [1.54, 1.807) is 0 Å². The van der Waals surface area contributed by atoms with Gasteiger partial charge in [-0.25, -0.2) is 0 Å². The lowest BCUT2D eigenvalue weighted by atomic mass is 10.1. The van der Waals surface area contributed by atoms with E-state index in [0.29, 0.717) is 13.0 Å². The van der Waals surface area contributed by atoms with Gasteiger partial charge in [0.05, 0.1) is 0 Å². The summed E-state index contributed by atoms with van der Waals surface area (Å²) in [7, 11) is 1.88. The van der Waals surface area contributed by atoms with Crippen LogP contribution in [0.4, 0.5) is 0 Å². The molecule has 0 heterocycles. The topological polar surface area (TPSA) is 41.1 Å². The van der Waals surface area contributed by atoms with Gasteiger partial charge < -0.3 is 10.6 Å². The standard InChI is InChI=1S/C13H20N2O/c1-14-10-11-15-13(16)9-5-8-12-6-3-2-4-7-12/h2-4,6-7,14H,5,8-11H2,1H3,(H,15,16). The molecular formula is C13H20N2O. The number of likely N-dealkylation sites (N-methyl/N-ethyl adjacent to an activating group) is 1. The monoisotopic (exact) mass is 220 g/mol. The van der Waals surface area contributed by atoms with Gasteiger partial charge in [0.25, 0.3) is 0 Å². The smallest absolute Gasteiger partial charge is 0.220 e. The van der Waals surface area contributed by atoms with Crippen molar-refractivity contribution in [2.45, 2.75) is 19.3 Å². The number of benzene rings is 1. The lowest BCUT2D eigenvalue weighted by Gasteiger charge is -2.04. The molecule has 2 N–H and O–H groups in total. The highest BCUT2D eigenvalue weighted by Crippen LogP contribution is 2.03. The van der Waals surface area contributed by atoms with Crippen LogP contribution in [0, 0.1) is 0 Å². The van der Waals surface area contributed by atoms with Gasteiger partial charge in [0.15, 0.2) is 0 Å². The minimum atomic E-state index is 0.145. The summed E-state index contributed by atoms with van der Waals surface area (Å²) in [5.74, 6) is 0.145. The fourth-order valence-electron chi connectivity index (χ4n) is 1.51. The van der Waals surface area contributed by atoms with Crippen molar-refractivity contribution in [2.24, 2.45) is 0 Å².